The number of anilines is 1. The van der Waals surface area contributed by atoms with E-state index in [-0.39, 0.29) is 17.8 Å². The molecule has 0 aliphatic heterocycles. The van der Waals surface area contributed by atoms with E-state index in [9.17, 15) is 10.1 Å². The average Bonchev–Trinajstić information content (AvgIpc) is 2.18. The van der Waals surface area contributed by atoms with Crippen molar-refractivity contribution in [2.75, 3.05) is 5.32 Å². The smallest absolute Gasteiger partial charge is 0.270 e. The number of rotatable bonds is 3. The highest BCUT2D eigenvalue weighted by Gasteiger charge is 2.27. The summed E-state index contributed by atoms with van der Waals surface area (Å²) in [5, 5.41) is 22.9. The molecule has 2 N–H and O–H groups in total. The fraction of sp³-hybridized carbons (Fsp3) is 0.400. The molecule has 0 bridgehead atoms. The van der Waals surface area contributed by atoms with Crippen molar-refractivity contribution in [3.05, 3.63) is 32.8 Å². The van der Waals surface area contributed by atoms with E-state index in [2.05, 4.69) is 21.2 Å². The predicted octanol–water partition coefficient (Wildman–Crippen LogP) is 2.29. The zero-order valence-electron chi connectivity index (χ0n) is 8.39. The van der Waals surface area contributed by atoms with Crippen LogP contribution in [0.25, 0.3) is 0 Å². The molecule has 6 heteroatoms. The molecule has 16 heavy (non-hydrogen) atoms. The Bertz CT molecular complexity index is 419. The number of hydrogen-bond donors (Lipinski definition) is 2. The summed E-state index contributed by atoms with van der Waals surface area (Å²) in [6.45, 7) is 0. The van der Waals surface area contributed by atoms with E-state index in [1.165, 1.54) is 12.1 Å². The molecule has 0 atom stereocenters. The fourth-order valence-corrected chi connectivity index (χ4v) is 2.14. The number of hydrogen-bond acceptors (Lipinski definition) is 4. The average molecular weight is 287 g/mol. The molecule has 0 spiro atoms. The van der Waals surface area contributed by atoms with Crippen LogP contribution >= 0.6 is 15.9 Å². The summed E-state index contributed by atoms with van der Waals surface area (Å²) >= 11 is 3.28. The molecule has 0 radical (unpaired) electrons. The van der Waals surface area contributed by atoms with Gasteiger partial charge in [-0.3, -0.25) is 10.1 Å². The number of nitro groups is 1. The van der Waals surface area contributed by atoms with Gasteiger partial charge in [0.25, 0.3) is 5.69 Å². The summed E-state index contributed by atoms with van der Waals surface area (Å²) in [5.41, 5.74) is 0.883. The van der Waals surface area contributed by atoms with Crippen LogP contribution in [0.2, 0.25) is 0 Å². The molecule has 0 aromatic heterocycles. The lowest BCUT2D eigenvalue weighted by Crippen LogP contribution is -2.39. The van der Waals surface area contributed by atoms with Gasteiger partial charge in [0.15, 0.2) is 0 Å². The van der Waals surface area contributed by atoms with Crippen LogP contribution < -0.4 is 5.32 Å². The van der Waals surface area contributed by atoms with E-state index >= 15 is 0 Å². The summed E-state index contributed by atoms with van der Waals surface area (Å²) in [6.07, 6.45) is 1.24. The van der Waals surface area contributed by atoms with Gasteiger partial charge in [-0.2, -0.15) is 0 Å². The highest BCUT2D eigenvalue weighted by atomic mass is 79.9. The Labute approximate surface area is 101 Å². The SMILES string of the molecule is O=[N+]([O-])c1ccc(NC2CC(O)C2)c(Br)c1. The fourth-order valence-electron chi connectivity index (χ4n) is 1.66. The molecule has 5 nitrogen and oxygen atoms in total. The first-order valence-corrected chi connectivity index (χ1v) is 5.74. The molecule has 0 amide bonds. The summed E-state index contributed by atoms with van der Waals surface area (Å²) in [7, 11) is 0. The van der Waals surface area contributed by atoms with Crippen molar-refractivity contribution in [1.82, 2.24) is 0 Å². The van der Waals surface area contributed by atoms with Gasteiger partial charge < -0.3 is 10.4 Å². The van der Waals surface area contributed by atoms with E-state index < -0.39 is 4.92 Å². The quantitative estimate of drug-likeness (QED) is 0.660. The molecular formula is C10H11BrN2O3. The Morgan fingerprint density at radius 2 is 2.19 bits per heavy atom. The summed E-state index contributed by atoms with van der Waals surface area (Å²) in [4.78, 5) is 10.1. The first-order valence-electron chi connectivity index (χ1n) is 4.95. The van der Waals surface area contributed by atoms with Crippen molar-refractivity contribution in [3.63, 3.8) is 0 Å². The third-order valence-corrected chi connectivity index (χ3v) is 3.29. The second-order valence-electron chi connectivity index (χ2n) is 3.89. The Morgan fingerprint density at radius 3 is 2.69 bits per heavy atom. The summed E-state index contributed by atoms with van der Waals surface area (Å²) < 4.78 is 0.670. The first-order chi connectivity index (χ1) is 7.56. The standard InChI is InChI=1S/C10H11BrN2O3/c11-9-5-7(13(15)16)1-2-10(9)12-6-3-8(14)4-6/h1-2,5-6,8,12,14H,3-4H2. The summed E-state index contributed by atoms with van der Waals surface area (Å²) in [6, 6.07) is 4.86. The van der Waals surface area contributed by atoms with Crippen LogP contribution in [0.4, 0.5) is 11.4 Å². The van der Waals surface area contributed by atoms with Crippen molar-refractivity contribution in [3.8, 4) is 0 Å². The van der Waals surface area contributed by atoms with Gasteiger partial charge in [-0.05, 0) is 34.8 Å². The lowest BCUT2D eigenvalue weighted by molar-refractivity contribution is -0.384. The van der Waals surface area contributed by atoms with Crippen LogP contribution in [-0.4, -0.2) is 22.2 Å². The number of benzene rings is 1. The van der Waals surface area contributed by atoms with Crippen LogP contribution in [0.1, 0.15) is 12.8 Å². The molecule has 0 saturated heterocycles. The van der Waals surface area contributed by atoms with Gasteiger partial charge in [0, 0.05) is 28.3 Å². The number of nitrogens with one attached hydrogen (secondary N) is 1. The van der Waals surface area contributed by atoms with Gasteiger partial charge in [-0.25, -0.2) is 0 Å². The normalized spacial score (nSPS) is 23.6. The van der Waals surface area contributed by atoms with Crippen LogP contribution in [0.5, 0.6) is 0 Å². The number of aliphatic hydroxyl groups is 1. The van der Waals surface area contributed by atoms with E-state index in [0.29, 0.717) is 4.47 Å². The Morgan fingerprint density at radius 1 is 1.50 bits per heavy atom. The minimum atomic E-state index is -0.429. The maximum absolute atomic E-state index is 10.5. The molecule has 0 heterocycles. The second kappa shape index (κ2) is 4.39. The molecule has 86 valence electrons. The summed E-state index contributed by atoms with van der Waals surface area (Å²) in [5.74, 6) is 0. The number of aliphatic hydroxyl groups excluding tert-OH is 1. The predicted molar refractivity (Wildman–Crippen MR) is 63.4 cm³/mol. The maximum atomic E-state index is 10.5. The van der Waals surface area contributed by atoms with Crippen molar-refractivity contribution < 1.29 is 10.0 Å². The minimum absolute atomic E-state index is 0.0612. The van der Waals surface area contributed by atoms with E-state index in [0.717, 1.165) is 18.5 Å². The van der Waals surface area contributed by atoms with Crippen LogP contribution in [0.15, 0.2) is 22.7 Å². The second-order valence-corrected chi connectivity index (χ2v) is 4.74. The molecule has 1 fully saturated rings. The number of non-ortho nitro benzene ring substituents is 1. The lowest BCUT2D eigenvalue weighted by Gasteiger charge is -2.33. The minimum Gasteiger partial charge on any atom is -0.393 e. The maximum Gasteiger partial charge on any atom is 0.270 e. The molecule has 1 aliphatic carbocycles. The molecule has 1 saturated carbocycles. The highest BCUT2D eigenvalue weighted by Crippen LogP contribution is 2.31. The van der Waals surface area contributed by atoms with Gasteiger partial charge in [-0.15, -0.1) is 0 Å². The van der Waals surface area contributed by atoms with E-state index in [4.69, 9.17) is 5.11 Å². The molecule has 0 unspecified atom stereocenters. The van der Waals surface area contributed by atoms with Crippen molar-refractivity contribution in [2.24, 2.45) is 0 Å². The van der Waals surface area contributed by atoms with Gasteiger partial charge in [0.2, 0.25) is 0 Å². The molecule has 1 aromatic rings. The Balaban J connectivity index is 2.07. The molecule has 1 aliphatic rings. The van der Waals surface area contributed by atoms with Crippen molar-refractivity contribution in [1.29, 1.82) is 0 Å². The zero-order chi connectivity index (χ0) is 11.7. The third-order valence-electron chi connectivity index (χ3n) is 2.64. The molecular weight excluding hydrogens is 276 g/mol. The van der Waals surface area contributed by atoms with E-state index in [1.807, 2.05) is 0 Å². The molecule has 1 aromatic carbocycles. The number of nitrogens with zero attached hydrogens (tertiary/aromatic N) is 1. The van der Waals surface area contributed by atoms with Crippen LogP contribution in [-0.2, 0) is 0 Å². The largest absolute Gasteiger partial charge is 0.393 e. The first kappa shape index (κ1) is 11.3. The van der Waals surface area contributed by atoms with Crippen molar-refractivity contribution >= 4 is 27.3 Å². The van der Waals surface area contributed by atoms with Gasteiger partial charge in [0.1, 0.15) is 0 Å². The Kier molecular flexibility index (Phi) is 3.11. The Hall–Kier alpha value is -1.14. The lowest BCUT2D eigenvalue weighted by atomic mass is 9.89. The van der Waals surface area contributed by atoms with Crippen LogP contribution in [0.3, 0.4) is 0 Å². The van der Waals surface area contributed by atoms with Gasteiger partial charge >= 0.3 is 0 Å². The van der Waals surface area contributed by atoms with E-state index in [1.54, 1.807) is 6.07 Å². The third kappa shape index (κ3) is 2.33. The number of halogens is 1. The van der Waals surface area contributed by atoms with Crippen molar-refractivity contribution in [2.45, 2.75) is 25.0 Å². The molecule has 2 rings (SSSR count). The topological polar surface area (TPSA) is 75.4 Å². The van der Waals surface area contributed by atoms with Crippen LogP contribution in [0, 0.1) is 10.1 Å². The van der Waals surface area contributed by atoms with Gasteiger partial charge in [-0.1, -0.05) is 0 Å². The zero-order valence-corrected chi connectivity index (χ0v) is 9.98. The number of nitro benzene ring substituents is 1. The highest BCUT2D eigenvalue weighted by molar-refractivity contribution is 9.10. The van der Waals surface area contributed by atoms with Gasteiger partial charge in [0.05, 0.1) is 11.0 Å². The monoisotopic (exact) mass is 286 g/mol.